The SMILES string of the molecule is N#CC(=Cc1cn(Cc2ccccc2)nc1-c1cccs1)S(=O)(=O)c1ccc(F)cc1. The smallest absolute Gasteiger partial charge is 0.216 e. The zero-order valence-corrected chi connectivity index (χ0v) is 17.8. The van der Waals surface area contributed by atoms with E-state index in [2.05, 4.69) is 5.10 Å². The lowest BCUT2D eigenvalue weighted by Gasteiger charge is -2.03. The average Bonchev–Trinajstić information content (AvgIpc) is 3.43. The fourth-order valence-electron chi connectivity index (χ4n) is 3.05. The van der Waals surface area contributed by atoms with Crippen LogP contribution in [-0.4, -0.2) is 18.2 Å². The minimum atomic E-state index is -4.10. The summed E-state index contributed by atoms with van der Waals surface area (Å²) in [6.45, 7) is 0.500. The van der Waals surface area contributed by atoms with Crippen molar-refractivity contribution in [3.05, 3.63) is 100 Å². The van der Waals surface area contributed by atoms with E-state index in [1.54, 1.807) is 16.9 Å². The van der Waals surface area contributed by atoms with Crippen LogP contribution in [0.25, 0.3) is 16.6 Å². The Hall–Kier alpha value is -3.54. The van der Waals surface area contributed by atoms with Crippen molar-refractivity contribution in [2.45, 2.75) is 11.4 Å². The first-order valence-electron chi connectivity index (χ1n) is 9.25. The molecule has 2 aromatic carbocycles. The highest BCUT2D eigenvalue weighted by Crippen LogP contribution is 2.30. The van der Waals surface area contributed by atoms with Crippen molar-refractivity contribution in [1.82, 2.24) is 9.78 Å². The van der Waals surface area contributed by atoms with Gasteiger partial charge in [0.1, 0.15) is 22.5 Å². The first-order chi connectivity index (χ1) is 15.0. The third kappa shape index (κ3) is 4.48. The number of sulfone groups is 1. The molecule has 4 aromatic rings. The van der Waals surface area contributed by atoms with Crippen LogP contribution < -0.4 is 0 Å². The van der Waals surface area contributed by atoms with Gasteiger partial charge in [0.05, 0.1) is 16.3 Å². The second kappa shape index (κ2) is 8.68. The monoisotopic (exact) mass is 449 g/mol. The Morgan fingerprint density at radius 3 is 2.48 bits per heavy atom. The maximum absolute atomic E-state index is 13.2. The third-order valence-corrected chi connectivity index (χ3v) is 7.10. The van der Waals surface area contributed by atoms with Gasteiger partial charge in [-0.25, -0.2) is 12.8 Å². The maximum Gasteiger partial charge on any atom is 0.216 e. The number of hydrogen-bond acceptors (Lipinski definition) is 5. The Morgan fingerprint density at radius 2 is 1.84 bits per heavy atom. The van der Waals surface area contributed by atoms with E-state index in [-0.39, 0.29) is 4.90 Å². The number of nitrogens with zero attached hydrogens (tertiary/aromatic N) is 3. The Kier molecular flexibility index (Phi) is 5.80. The second-order valence-electron chi connectivity index (χ2n) is 6.67. The van der Waals surface area contributed by atoms with Crippen LogP contribution in [0.4, 0.5) is 4.39 Å². The van der Waals surface area contributed by atoms with Gasteiger partial charge in [0.25, 0.3) is 0 Å². The highest BCUT2D eigenvalue weighted by molar-refractivity contribution is 7.95. The molecule has 0 aliphatic rings. The number of nitriles is 1. The Balaban J connectivity index is 1.79. The van der Waals surface area contributed by atoms with E-state index in [0.717, 1.165) is 34.7 Å². The molecule has 0 spiro atoms. The molecule has 0 unspecified atom stereocenters. The Bertz CT molecular complexity index is 1370. The van der Waals surface area contributed by atoms with Gasteiger partial charge in [-0.3, -0.25) is 4.68 Å². The summed E-state index contributed by atoms with van der Waals surface area (Å²) >= 11 is 1.47. The highest BCUT2D eigenvalue weighted by atomic mass is 32.2. The first-order valence-corrected chi connectivity index (χ1v) is 11.6. The predicted octanol–water partition coefficient (Wildman–Crippen LogP) is 5.14. The van der Waals surface area contributed by atoms with Gasteiger partial charge in [0.2, 0.25) is 9.84 Å². The fourth-order valence-corrected chi connectivity index (χ4v) is 4.93. The molecule has 0 atom stereocenters. The molecule has 5 nitrogen and oxygen atoms in total. The maximum atomic E-state index is 13.2. The number of thiophene rings is 1. The highest BCUT2D eigenvalue weighted by Gasteiger charge is 2.22. The van der Waals surface area contributed by atoms with Gasteiger partial charge in [-0.05, 0) is 47.4 Å². The summed E-state index contributed by atoms with van der Waals surface area (Å²) in [6, 6.07) is 19.7. The zero-order chi connectivity index (χ0) is 21.8. The second-order valence-corrected chi connectivity index (χ2v) is 9.54. The zero-order valence-electron chi connectivity index (χ0n) is 16.1. The molecule has 0 fully saturated rings. The molecule has 2 aromatic heterocycles. The summed E-state index contributed by atoms with van der Waals surface area (Å²) in [4.78, 5) is 0.279. The van der Waals surface area contributed by atoms with Gasteiger partial charge in [0, 0.05) is 11.8 Å². The number of benzene rings is 2. The van der Waals surface area contributed by atoms with Crippen LogP contribution in [0, 0.1) is 17.1 Å². The number of halogens is 1. The lowest BCUT2D eigenvalue weighted by molar-refractivity contribution is 0.601. The molecular weight excluding hydrogens is 433 g/mol. The van der Waals surface area contributed by atoms with Gasteiger partial charge in [-0.2, -0.15) is 10.4 Å². The molecule has 2 heterocycles. The lowest BCUT2D eigenvalue weighted by atomic mass is 10.2. The van der Waals surface area contributed by atoms with Crippen LogP contribution >= 0.6 is 11.3 Å². The molecule has 0 saturated heterocycles. The van der Waals surface area contributed by atoms with Gasteiger partial charge >= 0.3 is 0 Å². The molecule has 4 rings (SSSR count). The molecule has 0 radical (unpaired) electrons. The van der Waals surface area contributed by atoms with Crippen LogP contribution in [0.15, 0.2) is 88.1 Å². The quantitative estimate of drug-likeness (QED) is 0.302. The number of allylic oxidation sites excluding steroid dienone is 1. The molecule has 8 heteroatoms. The molecular formula is C23H16FN3O2S2. The molecule has 0 bridgehead atoms. The largest absolute Gasteiger partial charge is 0.267 e. The van der Waals surface area contributed by atoms with E-state index >= 15 is 0 Å². The average molecular weight is 450 g/mol. The molecule has 154 valence electrons. The predicted molar refractivity (Wildman–Crippen MR) is 118 cm³/mol. The molecule has 0 N–H and O–H groups in total. The van der Waals surface area contributed by atoms with Crippen LogP contribution in [0.1, 0.15) is 11.1 Å². The van der Waals surface area contributed by atoms with Gasteiger partial charge in [-0.1, -0.05) is 36.4 Å². The first kappa shape index (κ1) is 20.7. The van der Waals surface area contributed by atoms with Crippen LogP contribution in [0.5, 0.6) is 0 Å². The van der Waals surface area contributed by atoms with Crippen molar-refractivity contribution in [3.63, 3.8) is 0 Å². The van der Waals surface area contributed by atoms with Gasteiger partial charge < -0.3 is 0 Å². The lowest BCUT2D eigenvalue weighted by Crippen LogP contribution is -2.03. The van der Waals surface area contributed by atoms with Crippen LogP contribution in [-0.2, 0) is 16.4 Å². The van der Waals surface area contributed by atoms with Crippen LogP contribution in [0.3, 0.4) is 0 Å². The number of aromatic nitrogens is 2. The summed E-state index contributed by atoms with van der Waals surface area (Å²) in [5, 5.41) is 16.1. The minimum Gasteiger partial charge on any atom is -0.267 e. The number of rotatable bonds is 6. The third-order valence-electron chi connectivity index (χ3n) is 4.54. The van der Waals surface area contributed by atoms with E-state index in [9.17, 15) is 18.1 Å². The molecule has 0 aliphatic heterocycles. The normalized spacial score (nSPS) is 11.9. The van der Waals surface area contributed by atoms with Gasteiger partial charge in [0.15, 0.2) is 0 Å². The van der Waals surface area contributed by atoms with E-state index < -0.39 is 20.6 Å². The Morgan fingerprint density at radius 1 is 1.10 bits per heavy atom. The standard InChI is InChI=1S/C23H16FN3O2S2/c24-19-8-10-20(11-9-19)31(28,29)21(14-25)13-18-16-27(15-17-5-2-1-3-6-17)26-23(18)22-7-4-12-30-22/h1-13,16H,15H2. The molecule has 0 amide bonds. The van der Waals surface area contributed by atoms with E-state index in [0.29, 0.717) is 17.8 Å². The van der Waals surface area contributed by atoms with Crippen molar-refractivity contribution in [2.24, 2.45) is 0 Å². The summed E-state index contributed by atoms with van der Waals surface area (Å²) in [5.74, 6) is -0.552. The van der Waals surface area contributed by atoms with Gasteiger partial charge in [-0.15, -0.1) is 11.3 Å². The minimum absolute atomic E-state index is 0.143. The summed E-state index contributed by atoms with van der Waals surface area (Å²) in [7, 11) is -4.10. The topological polar surface area (TPSA) is 75.8 Å². The van der Waals surface area contributed by atoms with Crippen molar-refractivity contribution in [2.75, 3.05) is 0 Å². The summed E-state index contributed by atoms with van der Waals surface area (Å²) < 4.78 is 40.8. The van der Waals surface area contributed by atoms with Crippen molar-refractivity contribution >= 4 is 27.3 Å². The van der Waals surface area contributed by atoms with Crippen molar-refractivity contribution < 1.29 is 12.8 Å². The van der Waals surface area contributed by atoms with E-state index in [1.165, 1.54) is 17.4 Å². The van der Waals surface area contributed by atoms with E-state index in [4.69, 9.17) is 0 Å². The van der Waals surface area contributed by atoms with Crippen molar-refractivity contribution in [1.29, 1.82) is 5.26 Å². The van der Waals surface area contributed by atoms with Crippen LogP contribution in [0.2, 0.25) is 0 Å². The molecule has 0 aliphatic carbocycles. The van der Waals surface area contributed by atoms with Crippen molar-refractivity contribution in [3.8, 4) is 16.6 Å². The van der Waals surface area contributed by atoms with E-state index in [1.807, 2.05) is 47.8 Å². The number of hydrogen-bond donors (Lipinski definition) is 0. The Labute approximate surface area is 183 Å². The molecule has 0 saturated carbocycles. The summed E-state index contributed by atoms with van der Waals surface area (Å²) in [6.07, 6.45) is 3.04. The summed E-state index contributed by atoms with van der Waals surface area (Å²) in [5.41, 5.74) is 2.14. The molecule has 31 heavy (non-hydrogen) atoms. The fraction of sp³-hybridized carbons (Fsp3) is 0.0435.